The zero-order valence-corrected chi connectivity index (χ0v) is 12.4. The van der Waals surface area contributed by atoms with Crippen molar-refractivity contribution in [1.29, 1.82) is 5.26 Å². The summed E-state index contributed by atoms with van der Waals surface area (Å²) in [6.45, 7) is 4.54. The van der Waals surface area contributed by atoms with Crippen LogP contribution in [0.5, 0.6) is 0 Å². The van der Waals surface area contributed by atoms with Crippen molar-refractivity contribution in [2.75, 3.05) is 13.1 Å². The number of amides is 1. The van der Waals surface area contributed by atoms with E-state index in [0.717, 1.165) is 0 Å². The first-order valence-corrected chi connectivity index (χ1v) is 6.71. The minimum atomic E-state index is -0.357. The van der Waals surface area contributed by atoms with Crippen LogP contribution >= 0.6 is 22.6 Å². The minimum absolute atomic E-state index is 0.163. The van der Waals surface area contributed by atoms with Gasteiger partial charge in [0, 0.05) is 16.7 Å². The topological polar surface area (TPSA) is 44.1 Å². The van der Waals surface area contributed by atoms with E-state index in [1.54, 1.807) is 11.8 Å². The fourth-order valence-corrected chi connectivity index (χ4v) is 2.27. The van der Waals surface area contributed by atoms with Gasteiger partial charge in [-0.3, -0.25) is 4.79 Å². The van der Waals surface area contributed by atoms with E-state index in [1.165, 1.54) is 18.2 Å². The highest BCUT2D eigenvalue weighted by atomic mass is 127. The number of nitriles is 1. The molecule has 3 nitrogen and oxygen atoms in total. The molecule has 0 fully saturated rings. The van der Waals surface area contributed by atoms with Crippen LogP contribution < -0.4 is 0 Å². The minimum Gasteiger partial charge on any atom is -0.338 e. The van der Waals surface area contributed by atoms with Gasteiger partial charge in [0.25, 0.3) is 5.91 Å². The molecule has 0 aromatic heterocycles. The lowest BCUT2D eigenvalue weighted by atomic mass is 10.1. The SMILES string of the molecule is CCN(CC(C)C#N)C(=O)c1ccc(F)cc1I. The maximum atomic E-state index is 13.0. The summed E-state index contributed by atoms with van der Waals surface area (Å²) in [6, 6.07) is 6.19. The zero-order chi connectivity index (χ0) is 13.7. The molecule has 1 atom stereocenters. The Morgan fingerprint density at radius 1 is 1.61 bits per heavy atom. The molecular formula is C13H14FIN2O. The van der Waals surface area contributed by atoms with Crippen molar-refractivity contribution in [2.24, 2.45) is 5.92 Å². The molecule has 1 rings (SSSR count). The Labute approximate surface area is 120 Å². The van der Waals surface area contributed by atoms with Crippen molar-refractivity contribution >= 4 is 28.5 Å². The van der Waals surface area contributed by atoms with Crippen LogP contribution in [0.15, 0.2) is 18.2 Å². The molecule has 0 N–H and O–H groups in total. The predicted molar refractivity (Wildman–Crippen MR) is 75.5 cm³/mol. The quantitative estimate of drug-likeness (QED) is 0.775. The van der Waals surface area contributed by atoms with Crippen LogP contribution in [0.25, 0.3) is 0 Å². The van der Waals surface area contributed by atoms with Gasteiger partial charge >= 0.3 is 0 Å². The zero-order valence-electron chi connectivity index (χ0n) is 10.3. The number of nitrogens with zero attached hydrogens (tertiary/aromatic N) is 2. The fourth-order valence-electron chi connectivity index (χ4n) is 1.56. The molecule has 18 heavy (non-hydrogen) atoms. The lowest BCUT2D eigenvalue weighted by Gasteiger charge is -2.22. The Kier molecular flexibility index (Phi) is 5.54. The first kappa shape index (κ1) is 14.9. The van der Waals surface area contributed by atoms with Crippen molar-refractivity contribution in [3.8, 4) is 6.07 Å². The maximum absolute atomic E-state index is 13.0. The average Bonchev–Trinajstić information content (AvgIpc) is 2.34. The predicted octanol–water partition coefficient (Wildman–Crippen LogP) is 3.05. The van der Waals surface area contributed by atoms with Gasteiger partial charge in [-0.05, 0) is 54.6 Å². The molecule has 1 unspecified atom stereocenters. The average molecular weight is 360 g/mol. The van der Waals surface area contributed by atoms with Crippen molar-refractivity contribution in [3.63, 3.8) is 0 Å². The smallest absolute Gasteiger partial charge is 0.254 e. The summed E-state index contributed by atoms with van der Waals surface area (Å²) >= 11 is 1.94. The molecule has 1 aromatic rings. The number of carbonyl (C=O) groups is 1. The number of carbonyl (C=O) groups excluding carboxylic acids is 1. The van der Waals surface area contributed by atoms with Gasteiger partial charge in [0.15, 0.2) is 0 Å². The van der Waals surface area contributed by atoms with Gasteiger partial charge in [-0.2, -0.15) is 5.26 Å². The number of benzene rings is 1. The first-order valence-electron chi connectivity index (χ1n) is 5.63. The van der Waals surface area contributed by atoms with Gasteiger partial charge in [-0.15, -0.1) is 0 Å². The van der Waals surface area contributed by atoms with Crippen LogP contribution in [-0.2, 0) is 0 Å². The molecular weight excluding hydrogens is 346 g/mol. The Balaban J connectivity index is 2.94. The fraction of sp³-hybridized carbons (Fsp3) is 0.385. The normalized spacial score (nSPS) is 11.7. The summed E-state index contributed by atoms with van der Waals surface area (Å²) < 4.78 is 13.6. The van der Waals surface area contributed by atoms with Crippen LogP contribution in [0.4, 0.5) is 4.39 Å². The van der Waals surface area contributed by atoms with Crippen LogP contribution in [0, 0.1) is 26.6 Å². The third-order valence-corrected chi connectivity index (χ3v) is 3.44. The van der Waals surface area contributed by atoms with Gasteiger partial charge in [0.2, 0.25) is 0 Å². The summed E-state index contributed by atoms with van der Waals surface area (Å²) in [5.41, 5.74) is 0.476. The summed E-state index contributed by atoms with van der Waals surface area (Å²) in [5, 5.41) is 8.78. The largest absolute Gasteiger partial charge is 0.338 e. The van der Waals surface area contributed by atoms with E-state index in [0.29, 0.717) is 22.2 Å². The molecule has 0 radical (unpaired) electrons. The Morgan fingerprint density at radius 2 is 2.28 bits per heavy atom. The first-order chi connectivity index (χ1) is 8.49. The third-order valence-electron chi connectivity index (χ3n) is 2.55. The summed E-state index contributed by atoms with van der Waals surface area (Å²) in [7, 11) is 0. The number of rotatable bonds is 4. The van der Waals surface area contributed by atoms with Gasteiger partial charge in [-0.1, -0.05) is 0 Å². The van der Waals surface area contributed by atoms with Crippen molar-refractivity contribution < 1.29 is 9.18 Å². The van der Waals surface area contributed by atoms with Crippen molar-refractivity contribution in [1.82, 2.24) is 4.90 Å². The molecule has 0 heterocycles. The number of halogens is 2. The maximum Gasteiger partial charge on any atom is 0.254 e. The molecule has 5 heteroatoms. The molecule has 0 bridgehead atoms. The number of hydrogen-bond acceptors (Lipinski definition) is 2. The molecule has 0 aliphatic rings. The van der Waals surface area contributed by atoms with E-state index in [2.05, 4.69) is 6.07 Å². The molecule has 1 aromatic carbocycles. The lowest BCUT2D eigenvalue weighted by molar-refractivity contribution is 0.0751. The summed E-state index contributed by atoms with van der Waals surface area (Å²) in [6.07, 6.45) is 0. The van der Waals surface area contributed by atoms with Gasteiger partial charge in [0.1, 0.15) is 5.82 Å². The van der Waals surface area contributed by atoms with E-state index in [-0.39, 0.29) is 17.6 Å². The third kappa shape index (κ3) is 3.67. The van der Waals surface area contributed by atoms with E-state index in [4.69, 9.17) is 5.26 Å². The second-order valence-corrected chi connectivity index (χ2v) is 5.16. The van der Waals surface area contributed by atoms with Gasteiger partial charge in [-0.25, -0.2) is 4.39 Å². The Hall–Kier alpha value is -1.16. The molecule has 0 aliphatic heterocycles. The van der Waals surface area contributed by atoms with Crippen LogP contribution in [-0.4, -0.2) is 23.9 Å². The van der Waals surface area contributed by atoms with E-state index in [1.807, 2.05) is 29.5 Å². The van der Waals surface area contributed by atoms with Crippen molar-refractivity contribution in [3.05, 3.63) is 33.1 Å². The highest BCUT2D eigenvalue weighted by Gasteiger charge is 2.19. The second-order valence-electron chi connectivity index (χ2n) is 4.00. The Bertz CT molecular complexity index is 484. The van der Waals surface area contributed by atoms with Crippen LogP contribution in [0.1, 0.15) is 24.2 Å². The monoisotopic (exact) mass is 360 g/mol. The van der Waals surface area contributed by atoms with Gasteiger partial charge in [0.05, 0.1) is 17.6 Å². The van der Waals surface area contributed by atoms with E-state index >= 15 is 0 Å². The Morgan fingerprint density at radius 3 is 2.78 bits per heavy atom. The molecule has 0 saturated carbocycles. The van der Waals surface area contributed by atoms with Crippen LogP contribution in [0.2, 0.25) is 0 Å². The summed E-state index contributed by atoms with van der Waals surface area (Å²) in [5.74, 6) is -0.736. The molecule has 0 spiro atoms. The molecule has 1 amide bonds. The van der Waals surface area contributed by atoms with Crippen LogP contribution in [0.3, 0.4) is 0 Å². The molecule has 0 aliphatic carbocycles. The summed E-state index contributed by atoms with van der Waals surface area (Å²) in [4.78, 5) is 13.8. The van der Waals surface area contributed by atoms with E-state index < -0.39 is 0 Å². The van der Waals surface area contributed by atoms with Crippen molar-refractivity contribution in [2.45, 2.75) is 13.8 Å². The van der Waals surface area contributed by atoms with E-state index in [9.17, 15) is 9.18 Å². The number of hydrogen-bond donors (Lipinski definition) is 0. The highest BCUT2D eigenvalue weighted by Crippen LogP contribution is 2.16. The standard InChI is InChI=1S/C13H14FIN2O/c1-3-17(8-9(2)7-16)13(18)11-5-4-10(14)6-12(11)15/h4-6,9H,3,8H2,1-2H3. The molecule has 0 saturated heterocycles. The lowest BCUT2D eigenvalue weighted by Crippen LogP contribution is -2.34. The second kappa shape index (κ2) is 6.69. The molecule has 96 valence electrons. The highest BCUT2D eigenvalue weighted by molar-refractivity contribution is 14.1. The van der Waals surface area contributed by atoms with Gasteiger partial charge < -0.3 is 4.90 Å².